The third-order valence-corrected chi connectivity index (χ3v) is 3.02. The van der Waals surface area contributed by atoms with Gasteiger partial charge in [0.2, 0.25) is 0 Å². The van der Waals surface area contributed by atoms with Crippen molar-refractivity contribution in [3.05, 3.63) is 59.4 Å². The van der Waals surface area contributed by atoms with Crippen molar-refractivity contribution in [2.45, 2.75) is 20.8 Å². The van der Waals surface area contributed by atoms with Gasteiger partial charge in [0, 0.05) is 29.7 Å². The van der Waals surface area contributed by atoms with Gasteiger partial charge in [-0.2, -0.15) is 0 Å². The van der Waals surface area contributed by atoms with Crippen LogP contribution in [0.3, 0.4) is 0 Å². The molecule has 2 aromatic rings. The molecule has 3 heteroatoms. The van der Waals surface area contributed by atoms with Crippen molar-refractivity contribution in [3.63, 3.8) is 0 Å². The van der Waals surface area contributed by atoms with Crippen LogP contribution in [-0.2, 0) is 0 Å². The number of aryl methyl sites for hydroxylation is 2. The topological polar surface area (TPSA) is 33.2 Å². The van der Waals surface area contributed by atoms with Gasteiger partial charge < -0.3 is 4.90 Å². The SMILES string of the molecule is CCN(C(=O)c1ccnc(C)c1)c1cccc(C)c1. The molecule has 1 aromatic carbocycles. The van der Waals surface area contributed by atoms with Crippen LogP contribution in [0.2, 0.25) is 0 Å². The second kappa shape index (κ2) is 5.65. The molecule has 0 fully saturated rings. The highest BCUT2D eigenvalue weighted by Crippen LogP contribution is 2.18. The van der Waals surface area contributed by atoms with E-state index in [1.165, 1.54) is 0 Å². The maximum atomic E-state index is 12.5. The fraction of sp³-hybridized carbons (Fsp3) is 0.250. The van der Waals surface area contributed by atoms with Gasteiger partial charge in [0.25, 0.3) is 5.91 Å². The Morgan fingerprint density at radius 2 is 2.00 bits per heavy atom. The summed E-state index contributed by atoms with van der Waals surface area (Å²) in [5.74, 6) is 0.0126. The van der Waals surface area contributed by atoms with Gasteiger partial charge >= 0.3 is 0 Å². The van der Waals surface area contributed by atoms with Crippen LogP contribution in [0, 0.1) is 13.8 Å². The number of hydrogen-bond acceptors (Lipinski definition) is 2. The number of aromatic nitrogens is 1. The predicted octanol–water partition coefficient (Wildman–Crippen LogP) is 3.37. The largest absolute Gasteiger partial charge is 0.309 e. The molecule has 0 bridgehead atoms. The van der Waals surface area contributed by atoms with Gasteiger partial charge in [-0.05, 0) is 50.6 Å². The number of pyridine rings is 1. The summed E-state index contributed by atoms with van der Waals surface area (Å²) < 4.78 is 0. The first-order valence-corrected chi connectivity index (χ1v) is 6.43. The fourth-order valence-electron chi connectivity index (χ4n) is 2.07. The van der Waals surface area contributed by atoms with E-state index >= 15 is 0 Å². The summed E-state index contributed by atoms with van der Waals surface area (Å²) in [6.45, 7) is 6.54. The lowest BCUT2D eigenvalue weighted by atomic mass is 10.1. The maximum absolute atomic E-state index is 12.5. The normalized spacial score (nSPS) is 10.3. The molecule has 1 heterocycles. The van der Waals surface area contributed by atoms with Crippen molar-refractivity contribution in [1.82, 2.24) is 4.98 Å². The Morgan fingerprint density at radius 3 is 2.63 bits per heavy atom. The molecule has 0 unspecified atom stereocenters. The lowest BCUT2D eigenvalue weighted by molar-refractivity contribution is 0.0988. The Labute approximate surface area is 113 Å². The van der Waals surface area contributed by atoms with Crippen LogP contribution in [0.25, 0.3) is 0 Å². The first-order valence-electron chi connectivity index (χ1n) is 6.43. The Hall–Kier alpha value is -2.16. The highest BCUT2D eigenvalue weighted by atomic mass is 16.2. The van der Waals surface area contributed by atoms with Crippen LogP contribution in [-0.4, -0.2) is 17.4 Å². The zero-order chi connectivity index (χ0) is 13.8. The Kier molecular flexibility index (Phi) is 3.95. The van der Waals surface area contributed by atoms with Crippen LogP contribution < -0.4 is 4.90 Å². The van der Waals surface area contributed by atoms with Gasteiger partial charge in [-0.1, -0.05) is 12.1 Å². The Morgan fingerprint density at radius 1 is 1.21 bits per heavy atom. The van der Waals surface area contributed by atoms with E-state index in [0.717, 1.165) is 16.9 Å². The van der Waals surface area contributed by atoms with E-state index in [1.807, 2.05) is 51.1 Å². The van der Waals surface area contributed by atoms with Crippen LogP contribution in [0.5, 0.6) is 0 Å². The minimum absolute atomic E-state index is 0.0126. The molecule has 0 saturated carbocycles. The number of anilines is 1. The van der Waals surface area contributed by atoms with Crippen molar-refractivity contribution in [2.24, 2.45) is 0 Å². The zero-order valence-corrected chi connectivity index (χ0v) is 11.6. The molecule has 0 aliphatic rings. The van der Waals surface area contributed by atoms with Crippen LogP contribution in [0.4, 0.5) is 5.69 Å². The van der Waals surface area contributed by atoms with Crippen LogP contribution in [0.15, 0.2) is 42.6 Å². The minimum atomic E-state index is 0.0126. The lowest BCUT2D eigenvalue weighted by Crippen LogP contribution is -2.30. The van der Waals surface area contributed by atoms with Crippen LogP contribution >= 0.6 is 0 Å². The average Bonchev–Trinajstić information content (AvgIpc) is 2.39. The molecule has 19 heavy (non-hydrogen) atoms. The molecule has 1 aromatic heterocycles. The number of hydrogen-bond donors (Lipinski definition) is 0. The standard InChI is InChI=1S/C16H18N2O/c1-4-18(15-7-5-6-12(2)10-15)16(19)14-8-9-17-13(3)11-14/h5-11H,4H2,1-3H3. The fourth-order valence-corrected chi connectivity index (χ4v) is 2.07. The summed E-state index contributed by atoms with van der Waals surface area (Å²) in [6.07, 6.45) is 1.67. The maximum Gasteiger partial charge on any atom is 0.258 e. The van der Waals surface area contributed by atoms with Gasteiger partial charge in [-0.25, -0.2) is 0 Å². The van der Waals surface area contributed by atoms with E-state index in [9.17, 15) is 4.79 Å². The highest BCUT2D eigenvalue weighted by Gasteiger charge is 2.16. The molecule has 98 valence electrons. The van der Waals surface area contributed by atoms with E-state index in [2.05, 4.69) is 4.98 Å². The average molecular weight is 254 g/mol. The minimum Gasteiger partial charge on any atom is -0.309 e. The Balaban J connectivity index is 2.34. The third kappa shape index (κ3) is 2.99. The summed E-state index contributed by atoms with van der Waals surface area (Å²) in [7, 11) is 0. The molecular formula is C16H18N2O. The number of carbonyl (C=O) groups excluding carboxylic acids is 1. The first kappa shape index (κ1) is 13.3. The molecule has 0 radical (unpaired) electrons. The summed E-state index contributed by atoms with van der Waals surface area (Å²) in [6, 6.07) is 11.6. The van der Waals surface area contributed by atoms with Gasteiger partial charge in [0.15, 0.2) is 0 Å². The summed E-state index contributed by atoms with van der Waals surface area (Å²) in [5, 5.41) is 0. The van der Waals surface area contributed by atoms with E-state index in [-0.39, 0.29) is 5.91 Å². The molecular weight excluding hydrogens is 236 g/mol. The number of benzene rings is 1. The van der Waals surface area contributed by atoms with Crippen molar-refractivity contribution in [3.8, 4) is 0 Å². The zero-order valence-electron chi connectivity index (χ0n) is 11.6. The van der Waals surface area contributed by atoms with Crippen molar-refractivity contribution >= 4 is 11.6 Å². The highest BCUT2D eigenvalue weighted by molar-refractivity contribution is 6.06. The molecule has 0 aliphatic heterocycles. The van der Waals surface area contributed by atoms with E-state index < -0.39 is 0 Å². The predicted molar refractivity (Wildman–Crippen MR) is 77.5 cm³/mol. The molecule has 3 nitrogen and oxygen atoms in total. The van der Waals surface area contributed by atoms with Crippen LogP contribution in [0.1, 0.15) is 28.5 Å². The second-order valence-electron chi connectivity index (χ2n) is 4.57. The molecule has 0 aliphatic carbocycles. The molecule has 0 atom stereocenters. The summed E-state index contributed by atoms with van der Waals surface area (Å²) >= 11 is 0. The van der Waals surface area contributed by atoms with E-state index in [0.29, 0.717) is 12.1 Å². The molecule has 2 rings (SSSR count). The molecule has 0 spiro atoms. The summed E-state index contributed by atoms with van der Waals surface area (Å²) in [4.78, 5) is 18.4. The lowest BCUT2D eigenvalue weighted by Gasteiger charge is -2.21. The van der Waals surface area contributed by atoms with Gasteiger partial charge in [-0.15, -0.1) is 0 Å². The molecule has 0 N–H and O–H groups in total. The number of amides is 1. The van der Waals surface area contributed by atoms with Crippen molar-refractivity contribution in [1.29, 1.82) is 0 Å². The second-order valence-corrected chi connectivity index (χ2v) is 4.57. The number of rotatable bonds is 3. The van der Waals surface area contributed by atoms with Crippen molar-refractivity contribution in [2.75, 3.05) is 11.4 Å². The number of carbonyl (C=O) groups is 1. The van der Waals surface area contributed by atoms with Gasteiger partial charge in [0.05, 0.1) is 0 Å². The van der Waals surface area contributed by atoms with Gasteiger partial charge in [0.1, 0.15) is 0 Å². The third-order valence-electron chi connectivity index (χ3n) is 3.02. The Bertz CT molecular complexity index is 593. The number of nitrogens with zero attached hydrogens (tertiary/aromatic N) is 2. The quantitative estimate of drug-likeness (QED) is 0.841. The van der Waals surface area contributed by atoms with Crippen molar-refractivity contribution < 1.29 is 4.79 Å². The van der Waals surface area contributed by atoms with E-state index in [1.54, 1.807) is 17.2 Å². The molecule has 0 saturated heterocycles. The smallest absolute Gasteiger partial charge is 0.258 e. The monoisotopic (exact) mass is 254 g/mol. The summed E-state index contributed by atoms with van der Waals surface area (Å²) in [5.41, 5.74) is 3.61. The van der Waals surface area contributed by atoms with Gasteiger partial charge in [-0.3, -0.25) is 9.78 Å². The molecule has 1 amide bonds. The first-order chi connectivity index (χ1) is 9.11. The van der Waals surface area contributed by atoms with E-state index in [4.69, 9.17) is 0 Å².